The maximum absolute atomic E-state index is 10.0. The summed E-state index contributed by atoms with van der Waals surface area (Å²) in [5, 5.41) is 10.0. The molecule has 2 rings (SSSR count). The molecule has 3 N–H and O–H groups in total. The van der Waals surface area contributed by atoms with Gasteiger partial charge in [0.15, 0.2) is 0 Å². The van der Waals surface area contributed by atoms with E-state index in [4.69, 9.17) is 10.5 Å². The molecule has 20 heavy (non-hydrogen) atoms. The zero-order valence-corrected chi connectivity index (χ0v) is 12.3. The normalized spacial score (nSPS) is 17.6. The molecule has 4 nitrogen and oxygen atoms in total. The second-order valence-corrected chi connectivity index (χ2v) is 5.87. The first kappa shape index (κ1) is 15.1. The van der Waals surface area contributed by atoms with E-state index in [1.807, 2.05) is 18.2 Å². The lowest BCUT2D eigenvalue weighted by Crippen LogP contribution is -2.35. The fourth-order valence-corrected chi connectivity index (χ4v) is 2.92. The number of nitrogens with zero attached hydrogens (tertiary/aromatic N) is 1. The van der Waals surface area contributed by atoms with Gasteiger partial charge in [-0.15, -0.1) is 0 Å². The molecule has 1 saturated carbocycles. The molecule has 0 aromatic heterocycles. The van der Waals surface area contributed by atoms with Gasteiger partial charge in [0.1, 0.15) is 18.5 Å². The minimum atomic E-state index is -0.485. The van der Waals surface area contributed by atoms with Crippen molar-refractivity contribution in [3.63, 3.8) is 0 Å². The second kappa shape index (κ2) is 7.50. The van der Waals surface area contributed by atoms with Gasteiger partial charge in [-0.3, -0.25) is 0 Å². The van der Waals surface area contributed by atoms with Crippen LogP contribution in [0.5, 0.6) is 5.75 Å². The quantitative estimate of drug-likeness (QED) is 0.750. The summed E-state index contributed by atoms with van der Waals surface area (Å²) >= 11 is 0. The van der Waals surface area contributed by atoms with Crippen LogP contribution in [-0.2, 0) is 0 Å². The third-order valence-corrected chi connectivity index (χ3v) is 3.92. The van der Waals surface area contributed by atoms with E-state index < -0.39 is 6.10 Å². The Bertz CT molecular complexity index is 405. The SMILES string of the molecule is CN(CC(O)COc1ccccc1N)CC1CCCC1. The lowest BCUT2D eigenvalue weighted by Gasteiger charge is -2.23. The maximum atomic E-state index is 10.0. The number of para-hydroxylation sites is 2. The van der Waals surface area contributed by atoms with Crippen molar-refractivity contribution in [1.82, 2.24) is 4.90 Å². The van der Waals surface area contributed by atoms with Crippen LogP contribution in [0, 0.1) is 5.92 Å². The smallest absolute Gasteiger partial charge is 0.142 e. The first-order valence-corrected chi connectivity index (χ1v) is 7.49. The summed E-state index contributed by atoms with van der Waals surface area (Å²) in [4.78, 5) is 2.21. The summed E-state index contributed by atoms with van der Waals surface area (Å²) in [5.41, 5.74) is 6.41. The lowest BCUT2D eigenvalue weighted by molar-refractivity contribution is 0.0723. The molecular weight excluding hydrogens is 252 g/mol. The van der Waals surface area contributed by atoms with Gasteiger partial charge >= 0.3 is 0 Å². The maximum Gasteiger partial charge on any atom is 0.142 e. The van der Waals surface area contributed by atoms with Crippen molar-refractivity contribution in [3.8, 4) is 5.75 Å². The van der Waals surface area contributed by atoms with Gasteiger partial charge in [0.25, 0.3) is 0 Å². The van der Waals surface area contributed by atoms with Crippen LogP contribution in [0.1, 0.15) is 25.7 Å². The van der Waals surface area contributed by atoms with Crippen molar-refractivity contribution in [2.24, 2.45) is 5.92 Å². The Hall–Kier alpha value is -1.26. The highest BCUT2D eigenvalue weighted by atomic mass is 16.5. The highest BCUT2D eigenvalue weighted by Crippen LogP contribution is 2.25. The number of nitrogens with two attached hydrogens (primary N) is 1. The molecule has 1 unspecified atom stereocenters. The van der Waals surface area contributed by atoms with Crippen LogP contribution in [-0.4, -0.2) is 42.9 Å². The van der Waals surface area contributed by atoms with E-state index in [2.05, 4.69) is 11.9 Å². The Labute approximate surface area is 121 Å². The molecule has 0 bridgehead atoms. The fraction of sp³-hybridized carbons (Fsp3) is 0.625. The number of nitrogen functional groups attached to an aromatic ring is 1. The van der Waals surface area contributed by atoms with Gasteiger partial charge in [0, 0.05) is 13.1 Å². The molecule has 1 aromatic carbocycles. The third-order valence-electron chi connectivity index (χ3n) is 3.92. The molecule has 112 valence electrons. The molecule has 0 spiro atoms. The fourth-order valence-electron chi connectivity index (χ4n) is 2.92. The van der Waals surface area contributed by atoms with E-state index in [1.54, 1.807) is 6.07 Å². The predicted octanol–water partition coefficient (Wildman–Crippen LogP) is 2.13. The van der Waals surface area contributed by atoms with Crippen molar-refractivity contribution >= 4 is 5.69 Å². The Morgan fingerprint density at radius 1 is 1.35 bits per heavy atom. The molecule has 0 saturated heterocycles. The average molecular weight is 278 g/mol. The van der Waals surface area contributed by atoms with Crippen LogP contribution in [0.25, 0.3) is 0 Å². The Balaban J connectivity index is 1.69. The first-order chi connectivity index (χ1) is 9.65. The number of aliphatic hydroxyl groups excluding tert-OH is 1. The molecule has 0 heterocycles. The largest absolute Gasteiger partial charge is 0.489 e. The highest BCUT2D eigenvalue weighted by molar-refractivity contribution is 5.51. The molecule has 0 aliphatic heterocycles. The predicted molar refractivity (Wildman–Crippen MR) is 81.8 cm³/mol. The van der Waals surface area contributed by atoms with Crippen LogP contribution in [0.3, 0.4) is 0 Å². The van der Waals surface area contributed by atoms with Gasteiger partial charge in [-0.2, -0.15) is 0 Å². The molecule has 0 amide bonds. The van der Waals surface area contributed by atoms with Gasteiger partial charge in [-0.1, -0.05) is 25.0 Å². The Morgan fingerprint density at radius 2 is 2.05 bits per heavy atom. The summed E-state index contributed by atoms with van der Waals surface area (Å²) in [6.07, 6.45) is 4.89. The summed E-state index contributed by atoms with van der Waals surface area (Å²) in [5.74, 6) is 1.45. The van der Waals surface area contributed by atoms with E-state index in [9.17, 15) is 5.11 Å². The number of likely N-dealkylation sites (N-methyl/N-ethyl adjacent to an activating group) is 1. The van der Waals surface area contributed by atoms with E-state index in [0.717, 1.165) is 12.5 Å². The zero-order valence-electron chi connectivity index (χ0n) is 12.3. The second-order valence-electron chi connectivity index (χ2n) is 5.87. The summed E-state index contributed by atoms with van der Waals surface area (Å²) in [6, 6.07) is 7.37. The highest BCUT2D eigenvalue weighted by Gasteiger charge is 2.18. The zero-order chi connectivity index (χ0) is 14.4. The summed E-state index contributed by atoms with van der Waals surface area (Å²) in [7, 11) is 2.07. The molecule has 0 radical (unpaired) electrons. The van der Waals surface area contributed by atoms with E-state index in [1.165, 1.54) is 25.7 Å². The number of rotatable bonds is 7. The number of benzene rings is 1. The molecule has 4 heteroatoms. The topological polar surface area (TPSA) is 58.7 Å². The van der Waals surface area contributed by atoms with Crippen LogP contribution < -0.4 is 10.5 Å². The van der Waals surface area contributed by atoms with Crippen molar-refractivity contribution < 1.29 is 9.84 Å². The monoisotopic (exact) mass is 278 g/mol. The molecule has 1 aliphatic carbocycles. The minimum Gasteiger partial charge on any atom is -0.489 e. The number of hydrogen-bond acceptors (Lipinski definition) is 4. The Kier molecular flexibility index (Phi) is 5.68. The minimum absolute atomic E-state index is 0.281. The molecule has 1 aliphatic rings. The number of hydrogen-bond donors (Lipinski definition) is 2. The van der Waals surface area contributed by atoms with E-state index in [0.29, 0.717) is 18.0 Å². The van der Waals surface area contributed by atoms with Crippen molar-refractivity contribution in [1.29, 1.82) is 0 Å². The van der Waals surface area contributed by atoms with E-state index in [-0.39, 0.29) is 6.61 Å². The summed E-state index contributed by atoms with van der Waals surface area (Å²) in [6.45, 7) is 2.00. The number of aliphatic hydroxyl groups is 1. The van der Waals surface area contributed by atoms with Gasteiger partial charge in [0.2, 0.25) is 0 Å². The van der Waals surface area contributed by atoms with Crippen molar-refractivity contribution in [3.05, 3.63) is 24.3 Å². The van der Waals surface area contributed by atoms with Crippen LogP contribution >= 0.6 is 0 Å². The van der Waals surface area contributed by atoms with Gasteiger partial charge in [0.05, 0.1) is 5.69 Å². The molecule has 1 fully saturated rings. The third kappa shape index (κ3) is 4.69. The molecular formula is C16H26N2O2. The first-order valence-electron chi connectivity index (χ1n) is 7.49. The van der Waals surface area contributed by atoms with Crippen molar-refractivity contribution in [2.75, 3.05) is 32.5 Å². The molecule has 1 atom stereocenters. The number of anilines is 1. The van der Waals surface area contributed by atoms with Crippen LogP contribution in [0.2, 0.25) is 0 Å². The standard InChI is InChI=1S/C16H26N2O2/c1-18(10-13-6-2-3-7-13)11-14(19)12-20-16-9-5-4-8-15(16)17/h4-5,8-9,13-14,19H,2-3,6-7,10-12,17H2,1H3. The lowest BCUT2D eigenvalue weighted by atomic mass is 10.1. The summed E-state index contributed by atoms with van der Waals surface area (Å²) < 4.78 is 5.57. The van der Waals surface area contributed by atoms with E-state index >= 15 is 0 Å². The van der Waals surface area contributed by atoms with Crippen LogP contribution in [0.4, 0.5) is 5.69 Å². The molecule has 1 aromatic rings. The van der Waals surface area contributed by atoms with Gasteiger partial charge in [-0.05, 0) is 37.9 Å². The van der Waals surface area contributed by atoms with Crippen molar-refractivity contribution in [2.45, 2.75) is 31.8 Å². The van der Waals surface area contributed by atoms with Gasteiger partial charge in [-0.25, -0.2) is 0 Å². The van der Waals surface area contributed by atoms with Gasteiger partial charge < -0.3 is 20.5 Å². The average Bonchev–Trinajstić information content (AvgIpc) is 2.90. The number of ether oxygens (including phenoxy) is 1. The Morgan fingerprint density at radius 3 is 2.75 bits per heavy atom. The van der Waals surface area contributed by atoms with Crippen LogP contribution in [0.15, 0.2) is 24.3 Å².